The molecule has 1 spiro atoms. The molecule has 9 aromatic rings. The summed E-state index contributed by atoms with van der Waals surface area (Å²) < 4.78 is 16.4. The normalized spacial score (nSPS) is 17.8. The van der Waals surface area contributed by atoms with Crippen molar-refractivity contribution in [3.63, 3.8) is 0 Å². The van der Waals surface area contributed by atoms with Crippen molar-refractivity contribution >= 4 is 65.5 Å². The number of fused-ring (bicyclic) bond motifs is 8. The fourth-order valence-corrected chi connectivity index (χ4v) is 8.49. The van der Waals surface area contributed by atoms with Crippen LogP contribution in [0.25, 0.3) is 65.5 Å². The molecule has 3 aliphatic heterocycles. The summed E-state index contributed by atoms with van der Waals surface area (Å²) in [6.07, 6.45) is 10.8. The number of rotatable bonds is 0. The Bertz CT molecular complexity index is 2750. The van der Waals surface area contributed by atoms with Crippen LogP contribution in [0.2, 0.25) is 0 Å². The number of pyridine rings is 4. The average molecular weight is 512 g/mol. The molecule has 3 aromatic carbocycles. The van der Waals surface area contributed by atoms with Gasteiger partial charge in [-0.25, -0.2) is 4.98 Å². The first kappa shape index (κ1) is 18.7. The van der Waals surface area contributed by atoms with Crippen molar-refractivity contribution < 1.29 is 13.9 Å². The summed E-state index contributed by atoms with van der Waals surface area (Å²) in [5, 5.41) is 7.40. The average Bonchev–Trinajstić information content (AvgIpc) is 3.77. The lowest BCUT2D eigenvalue weighted by atomic mass is 9.86. The number of hydrogen-bond acceptors (Lipinski definition) is 2. The predicted molar refractivity (Wildman–Crippen MR) is 152 cm³/mol. The molecule has 12 rings (SSSR count). The third kappa shape index (κ3) is 1.61. The first-order valence-corrected chi connectivity index (χ1v) is 13.6. The number of imidazole rings is 1. The van der Waals surface area contributed by atoms with Crippen LogP contribution in [-0.2, 0) is 5.66 Å². The maximum Gasteiger partial charge on any atom is 0.425 e. The molecular weight excluding hydrogens is 494 g/mol. The van der Waals surface area contributed by atoms with E-state index in [4.69, 9.17) is 9.72 Å². The first-order valence-electron chi connectivity index (χ1n) is 13.6. The largest absolute Gasteiger partial charge is 0.456 e. The minimum Gasteiger partial charge on any atom is -0.456 e. The fourth-order valence-electron chi connectivity index (χ4n) is 8.49. The van der Waals surface area contributed by atoms with Crippen LogP contribution in [0, 0.1) is 0 Å². The highest BCUT2D eigenvalue weighted by Gasteiger charge is 2.69. The molecule has 0 bridgehead atoms. The maximum absolute atomic E-state index is 6.81. The maximum atomic E-state index is 6.81. The second kappa shape index (κ2) is 5.60. The Labute approximate surface area is 225 Å². The van der Waals surface area contributed by atoms with Crippen molar-refractivity contribution in [3.8, 4) is 11.5 Å². The van der Waals surface area contributed by atoms with E-state index in [0.29, 0.717) is 0 Å². The smallest absolute Gasteiger partial charge is 0.425 e. The zero-order valence-corrected chi connectivity index (χ0v) is 21.0. The zero-order chi connectivity index (χ0) is 25.5. The molecule has 0 saturated carbocycles. The van der Waals surface area contributed by atoms with Crippen molar-refractivity contribution in [1.29, 1.82) is 0 Å². The van der Waals surface area contributed by atoms with Gasteiger partial charge in [-0.15, -0.1) is 9.13 Å². The van der Waals surface area contributed by atoms with Crippen LogP contribution in [0.4, 0.5) is 0 Å². The van der Waals surface area contributed by atoms with Crippen molar-refractivity contribution in [1.82, 2.24) is 13.8 Å². The Morgan fingerprint density at radius 3 is 2.42 bits per heavy atom. The summed E-state index contributed by atoms with van der Waals surface area (Å²) in [7, 11) is 0. The van der Waals surface area contributed by atoms with Crippen LogP contribution in [0.15, 0.2) is 104 Å². The van der Waals surface area contributed by atoms with Crippen LogP contribution in [0.5, 0.6) is 11.5 Å². The van der Waals surface area contributed by atoms with Gasteiger partial charge in [0.1, 0.15) is 22.7 Å². The molecule has 9 heterocycles. The highest BCUT2D eigenvalue weighted by atomic mass is 16.5. The lowest BCUT2D eigenvalue weighted by molar-refractivity contribution is -0.945. The van der Waals surface area contributed by atoms with Crippen LogP contribution in [0.3, 0.4) is 0 Å². The van der Waals surface area contributed by atoms with Gasteiger partial charge in [0.05, 0.1) is 27.2 Å². The molecule has 3 aliphatic rings. The standard InChI is InChI=1S/C34H17N5O/c1-2-6-19-18(5-1)17-37-22-10-12-25-29-27(22)31-21(30(19)37)7-3-14-38(31)34(29)28-24(40-25)11-9-20-26(28)32-23(8-4-15-39(32)34)36-16-13-35-33(20)36/h1-17H/q+2. The van der Waals surface area contributed by atoms with Crippen LogP contribution in [-0.4, -0.2) is 13.8 Å². The SMILES string of the molecule is c1ccc2c(c1)cn1c3ccc4c5c3c3c(ccc[n+]3C53c5c(ccc6c5c5c(ccc[n+]53)n3ccnc63)O4)c21. The molecule has 0 radical (unpaired) electrons. The van der Waals surface area contributed by atoms with E-state index in [2.05, 4.69) is 116 Å². The van der Waals surface area contributed by atoms with Crippen molar-refractivity contribution in [3.05, 3.63) is 115 Å². The van der Waals surface area contributed by atoms with Gasteiger partial charge in [0.25, 0.3) is 0 Å². The number of ether oxygens (including phenoxy) is 1. The van der Waals surface area contributed by atoms with Crippen molar-refractivity contribution in [2.45, 2.75) is 5.66 Å². The Kier molecular flexibility index (Phi) is 2.62. The molecule has 0 saturated heterocycles. The van der Waals surface area contributed by atoms with E-state index >= 15 is 0 Å². The third-order valence-corrected chi connectivity index (χ3v) is 9.75. The first-order chi connectivity index (χ1) is 19.9. The molecule has 6 heteroatoms. The summed E-state index contributed by atoms with van der Waals surface area (Å²) in [5.74, 6) is 1.83. The molecule has 0 fully saturated rings. The molecule has 6 nitrogen and oxygen atoms in total. The highest BCUT2D eigenvalue weighted by molar-refractivity contribution is 6.20. The second-order valence-electron chi connectivity index (χ2n) is 11.3. The van der Waals surface area contributed by atoms with Crippen LogP contribution < -0.4 is 13.9 Å². The minimum absolute atomic E-state index is 0.597. The summed E-state index contributed by atoms with van der Waals surface area (Å²) >= 11 is 0. The Morgan fingerprint density at radius 1 is 0.675 bits per heavy atom. The van der Waals surface area contributed by atoms with Crippen LogP contribution >= 0.6 is 0 Å². The van der Waals surface area contributed by atoms with Gasteiger partial charge in [-0.3, -0.25) is 4.40 Å². The third-order valence-electron chi connectivity index (χ3n) is 9.75. The van der Waals surface area contributed by atoms with Gasteiger partial charge < -0.3 is 9.14 Å². The summed E-state index contributed by atoms with van der Waals surface area (Å²) in [6, 6.07) is 26.3. The number of aromatic nitrogens is 5. The van der Waals surface area contributed by atoms with E-state index in [-0.39, 0.29) is 0 Å². The monoisotopic (exact) mass is 511 g/mol. The van der Waals surface area contributed by atoms with Crippen LogP contribution in [0.1, 0.15) is 11.1 Å². The zero-order valence-electron chi connectivity index (χ0n) is 21.0. The molecule has 40 heavy (non-hydrogen) atoms. The van der Waals surface area contributed by atoms with Gasteiger partial charge in [-0.2, -0.15) is 0 Å². The number of hydrogen-bond donors (Lipinski definition) is 0. The number of benzene rings is 3. The van der Waals surface area contributed by atoms with E-state index in [0.717, 1.165) is 28.0 Å². The highest BCUT2D eigenvalue weighted by Crippen LogP contribution is 2.57. The van der Waals surface area contributed by atoms with Gasteiger partial charge >= 0.3 is 5.66 Å². The molecule has 182 valence electrons. The quantitative estimate of drug-likeness (QED) is 0.186. The van der Waals surface area contributed by atoms with E-state index < -0.39 is 5.66 Å². The minimum atomic E-state index is -0.597. The van der Waals surface area contributed by atoms with Gasteiger partial charge in [-0.1, -0.05) is 24.3 Å². The fraction of sp³-hybridized carbons (Fsp3) is 0.0294. The van der Waals surface area contributed by atoms with E-state index in [9.17, 15) is 0 Å². The summed E-state index contributed by atoms with van der Waals surface area (Å²) in [6.45, 7) is 0. The summed E-state index contributed by atoms with van der Waals surface area (Å²) in [4.78, 5) is 4.80. The molecular formula is C34H17N5O+2. The van der Waals surface area contributed by atoms with E-state index in [1.165, 1.54) is 60.1 Å². The Morgan fingerprint density at radius 2 is 1.48 bits per heavy atom. The lowest BCUT2D eigenvalue weighted by Gasteiger charge is -2.26. The van der Waals surface area contributed by atoms with Crippen molar-refractivity contribution in [2.24, 2.45) is 0 Å². The molecule has 1 unspecified atom stereocenters. The lowest BCUT2D eigenvalue weighted by Crippen LogP contribution is -2.72. The van der Waals surface area contributed by atoms with Gasteiger partial charge in [-0.05, 0) is 36.4 Å². The van der Waals surface area contributed by atoms with Gasteiger partial charge in [0, 0.05) is 46.9 Å². The summed E-state index contributed by atoms with van der Waals surface area (Å²) in [5.41, 5.74) is 8.86. The van der Waals surface area contributed by atoms with Gasteiger partial charge in [0.2, 0.25) is 11.0 Å². The predicted octanol–water partition coefficient (Wildman–Crippen LogP) is 5.96. The molecule has 0 aliphatic carbocycles. The number of nitrogens with zero attached hydrogens (tertiary/aromatic N) is 5. The van der Waals surface area contributed by atoms with E-state index in [1.54, 1.807) is 0 Å². The second-order valence-corrected chi connectivity index (χ2v) is 11.3. The van der Waals surface area contributed by atoms with E-state index in [1.807, 2.05) is 6.20 Å². The molecule has 6 aromatic heterocycles. The molecule has 1 atom stereocenters. The molecule has 0 amide bonds. The van der Waals surface area contributed by atoms with Gasteiger partial charge in [0.15, 0.2) is 23.5 Å². The van der Waals surface area contributed by atoms with Crippen molar-refractivity contribution in [2.75, 3.05) is 0 Å². The Balaban J connectivity index is 1.42. The Hall–Kier alpha value is -5.49. The molecule has 0 N–H and O–H groups in total. The topological polar surface area (TPSA) is 38.7 Å².